The zero-order valence-electron chi connectivity index (χ0n) is 19.7. The van der Waals surface area contributed by atoms with E-state index in [2.05, 4.69) is 10.5 Å². The van der Waals surface area contributed by atoms with Crippen molar-refractivity contribution >= 4 is 27.8 Å². The van der Waals surface area contributed by atoms with Gasteiger partial charge in [0.25, 0.3) is 15.9 Å². The Kier molecular flexibility index (Phi) is 8.69. The van der Waals surface area contributed by atoms with Crippen LogP contribution in [-0.4, -0.2) is 47.9 Å². The van der Waals surface area contributed by atoms with Gasteiger partial charge >= 0.3 is 0 Å². The van der Waals surface area contributed by atoms with Crippen LogP contribution in [-0.2, 0) is 14.8 Å². The van der Waals surface area contributed by atoms with Crippen molar-refractivity contribution in [3.63, 3.8) is 0 Å². The third kappa shape index (κ3) is 6.30. The first-order valence-electron chi connectivity index (χ1n) is 10.7. The first-order valence-corrected chi connectivity index (χ1v) is 12.2. The number of anilines is 1. The number of nitrogens with one attached hydrogen (secondary N) is 1. The highest BCUT2D eigenvalue weighted by Gasteiger charge is 2.27. The van der Waals surface area contributed by atoms with Gasteiger partial charge in [-0.15, -0.1) is 0 Å². The Morgan fingerprint density at radius 3 is 2.31 bits per heavy atom. The molecule has 0 saturated carbocycles. The van der Waals surface area contributed by atoms with E-state index in [0.717, 1.165) is 4.31 Å². The lowest BCUT2D eigenvalue weighted by molar-refractivity contribution is -0.119. The van der Waals surface area contributed by atoms with Gasteiger partial charge in [-0.25, -0.2) is 13.8 Å². The molecular weight excluding hydrogens is 470 g/mol. The molecule has 3 rings (SSSR count). The number of nitrogens with zero attached hydrogens (tertiary/aromatic N) is 2. The number of hydrogen-bond acceptors (Lipinski definition) is 7. The molecule has 184 valence electrons. The van der Waals surface area contributed by atoms with Crippen LogP contribution in [0, 0.1) is 0 Å². The van der Waals surface area contributed by atoms with E-state index in [1.54, 1.807) is 60.7 Å². The lowest BCUT2D eigenvalue weighted by Crippen LogP contribution is -2.39. The van der Waals surface area contributed by atoms with Crippen molar-refractivity contribution in [1.29, 1.82) is 0 Å². The van der Waals surface area contributed by atoms with Crippen molar-refractivity contribution in [3.8, 4) is 17.2 Å². The van der Waals surface area contributed by atoms with Crippen molar-refractivity contribution in [2.45, 2.75) is 11.8 Å². The third-order valence-electron chi connectivity index (χ3n) is 4.88. The van der Waals surface area contributed by atoms with E-state index in [1.165, 1.54) is 32.6 Å². The third-order valence-corrected chi connectivity index (χ3v) is 6.67. The second kappa shape index (κ2) is 11.9. The molecule has 0 heterocycles. The van der Waals surface area contributed by atoms with Crippen molar-refractivity contribution < 1.29 is 27.4 Å². The Balaban J connectivity index is 1.82. The molecule has 0 radical (unpaired) electrons. The van der Waals surface area contributed by atoms with E-state index in [1.807, 2.05) is 6.92 Å². The summed E-state index contributed by atoms with van der Waals surface area (Å²) in [6.45, 7) is 1.82. The summed E-state index contributed by atoms with van der Waals surface area (Å²) < 4.78 is 43.9. The molecule has 0 atom stereocenters. The number of rotatable bonds is 11. The molecule has 35 heavy (non-hydrogen) atoms. The lowest BCUT2D eigenvalue weighted by Gasteiger charge is -2.23. The lowest BCUT2D eigenvalue weighted by atomic mass is 10.2. The fourth-order valence-corrected chi connectivity index (χ4v) is 4.69. The average molecular weight is 498 g/mol. The summed E-state index contributed by atoms with van der Waals surface area (Å²) in [5, 5.41) is 3.96. The fourth-order valence-electron chi connectivity index (χ4n) is 3.26. The molecule has 10 heteroatoms. The molecule has 9 nitrogen and oxygen atoms in total. The summed E-state index contributed by atoms with van der Waals surface area (Å²) in [6, 6.07) is 19.7. The monoisotopic (exact) mass is 497 g/mol. The summed E-state index contributed by atoms with van der Waals surface area (Å²) in [7, 11) is -1.03. The summed E-state index contributed by atoms with van der Waals surface area (Å²) in [5.74, 6) is 0.899. The van der Waals surface area contributed by atoms with Crippen molar-refractivity contribution in [3.05, 3.63) is 78.4 Å². The smallest absolute Gasteiger partial charge is 0.264 e. The minimum Gasteiger partial charge on any atom is -0.494 e. The average Bonchev–Trinajstić information content (AvgIpc) is 2.88. The minimum atomic E-state index is -4.05. The van der Waals surface area contributed by atoms with Gasteiger partial charge in [-0.05, 0) is 55.5 Å². The summed E-state index contributed by atoms with van der Waals surface area (Å²) in [5.41, 5.74) is 3.30. The number of amides is 1. The first kappa shape index (κ1) is 25.6. The molecule has 0 aromatic heterocycles. The first-order chi connectivity index (χ1) is 16.9. The van der Waals surface area contributed by atoms with Crippen LogP contribution >= 0.6 is 0 Å². The largest absolute Gasteiger partial charge is 0.494 e. The van der Waals surface area contributed by atoms with Crippen LogP contribution in [0.15, 0.2) is 82.8 Å². The number of sulfonamides is 1. The molecule has 0 unspecified atom stereocenters. The molecule has 3 aromatic carbocycles. The number of benzene rings is 3. The normalized spacial score (nSPS) is 11.2. The van der Waals surface area contributed by atoms with Gasteiger partial charge in [0.05, 0.1) is 37.6 Å². The predicted octanol–water partition coefficient (Wildman–Crippen LogP) is 3.45. The van der Waals surface area contributed by atoms with Gasteiger partial charge in [-0.1, -0.05) is 24.3 Å². The molecule has 0 bridgehead atoms. The molecule has 1 amide bonds. The van der Waals surface area contributed by atoms with E-state index in [4.69, 9.17) is 14.2 Å². The second-order valence-corrected chi connectivity index (χ2v) is 8.99. The van der Waals surface area contributed by atoms with Gasteiger partial charge in [-0.3, -0.25) is 9.10 Å². The molecule has 0 aliphatic rings. The van der Waals surface area contributed by atoms with Gasteiger partial charge < -0.3 is 14.2 Å². The zero-order valence-corrected chi connectivity index (χ0v) is 20.5. The van der Waals surface area contributed by atoms with Gasteiger partial charge in [0.15, 0.2) is 11.5 Å². The number of carbonyl (C=O) groups is 1. The number of methoxy groups -OCH3 is 2. The topological polar surface area (TPSA) is 107 Å². The van der Waals surface area contributed by atoms with Crippen LogP contribution in [0.2, 0.25) is 0 Å². The second-order valence-electron chi connectivity index (χ2n) is 7.13. The van der Waals surface area contributed by atoms with Gasteiger partial charge in [-0.2, -0.15) is 5.10 Å². The highest BCUT2D eigenvalue weighted by atomic mass is 32.2. The Morgan fingerprint density at radius 2 is 1.69 bits per heavy atom. The van der Waals surface area contributed by atoms with Crippen molar-refractivity contribution in [2.24, 2.45) is 5.10 Å². The van der Waals surface area contributed by atoms with E-state index in [-0.39, 0.29) is 4.90 Å². The molecule has 0 aliphatic carbocycles. The fraction of sp³-hybridized carbons (Fsp3) is 0.200. The molecular formula is C25H27N3O6S. The van der Waals surface area contributed by atoms with Gasteiger partial charge in [0.1, 0.15) is 12.3 Å². The maximum atomic E-state index is 13.4. The number of para-hydroxylation sites is 2. The van der Waals surface area contributed by atoms with Crippen LogP contribution in [0.1, 0.15) is 12.5 Å². The van der Waals surface area contributed by atoms with E-state index in [9.17, 15) is 13.2 Å². The quantitative estimate of drug-likeness (QED) is 0.321. The van der Waals surface area contributed by atoms with Crippen LogP contribution < -0.4 is 23.9 Å². The number of carbonyl (C=O) groups excluding carboxylic acids is 1. The summed E-state index contributed by atoms with van der Waals surface area (Å²) >= 11 is 0. The Labute approximate surface area is 205 Å². The maximum Gasteiger partial charge on any atom is 0.264 e. The highest BCUT2D eigenvalue weighted by molar-refractivity contribution is 7.92. The molecule has 1 N–H and O–H groups in total. The van der Waals surface area contributed by atoms with Crippen LogP contribution in [0.4, 0.5) is 5.69 Å². The van der Waals surface area contributed by atoms with E-state index >= 15 is 0 Å². The Hall–Kier alpha value is -4.05. The molecule has 0 saturated heterocycles. The van der Waals surface area contributed by atoms with Crippen molar-refractivity contribution in [1.82, 2.24) is 5.43 Å². The van der Waals surface area contributed by atoms with E-state index < -0.39 is 22.5 Å². The van der Waals surface area contributed by atoms with Crippen molar-refractivity contribution in [2.75, 3.05) is 31.7 Å². The number of hydrogen-bond donors (Lipinski definition) is 1. The Bertz CT molecular complexity index is 1260. The Morgan fingerprint density at radius 1 is 0.971 bits per heavy atom. The molecule has 0 fully saturated rings. The number of ether oxygens (including phenoxy) is 3. The summed E-state index contributed by atoms with van der Waals surface area (Å²) in [6.07, 6.45) is 1.40. The van der Waals surface area contributed by atoms with Crippen LogP contribution in [0.5, 0.6) is 17.2 Å². The number of hydrazone groups is 1. The molecule has 0 aliphatic heterocycles. The summed E-state index contributed by atoms with van der Waals surface area (Å²) in [4.78, 5) is 12.7. The molecule has 3 aromatic rings. The highest BCUT2D eigenvalue weighted by Crippen LogP contribution is 2.29. The molecule has 0 spiro atoms. The zero-order chi connectivity index (χ0) is 25.3. The maximum absolute atomic E-state index is 13.4. The van der Waals surface area contributed by atoms with Gasteiger partial charge in [0.2, 0.25) is 0 Å². The van der Waals surface area contributed by atoms with Gasteiger partial charge in [0, 0.05) is 5.56 Å². The van der Waals surface area contributed by atoms with Crippen LogP contribution in [0.3, 0.4) is 0 Å². The standard InChI is InChI=1S/C25H27N3O6S/c1-4-34-21-13-15-22(16-14-21)35(30,31)28(20-10-6-5-7-11-20)18-24(29)27-26-17-19-9-8-12-23(32-2)25(19)33-3/h5-17H,4,18H2,1-3H3,(H,27,29)/b26-17-. The van der Waals surface area contributed by atoms with Crippen LogP contribution in [0.25, 0.3) is 0 Å². The minimum absolute atomic E-state index is 0.0298. The SMILES string of the molecule is CCOc1ccc(S(=O)(=O)N(CC(=O)N/N=C\c2cccc(OC)c2OC)c2ccccc2)cc1. The van der Waals surface area contributed by atoms with E-state index in [0.29, 0.717) is 35.1 Å². The predicted molar refractivity (Wildman–Crippen MR) is 134 cm³/mol.